The highest BCUT2D eigenvalue weighted by molar-refractivity contribution is 8.00. The second kappa shape index (κ2) is 12.2. The van der Waals surface area contributed by atoms with E-state index in [0.29, 0.717) is 0 Å². The van der Waals surface area contributed by atoms with E-state index in [-0.39, 0.29) is 0 Å². The smallest absolute Gasteiger partial charge is 0.191 e. The molecule has 2 saturated heterocycles. The van der Waals surface area contributed by atoms with Gasteiger partial charge in [0.25, 0.3) is 0 Å². The van der Waals surface area contributed by atoms with Crippen molar-refractivity contribution >= 4 is 23.4 Å². The Bertz CT molecular complexity index is 566. The molecule has 1 aromatic carbocycles. The average molecular weight is 404 g/mol. The second-order valence-electron chi connectivity index (χ2n) is 7.65. The molecule has 0 spiro atoms. The number of guanidine groups is 1. The summed E-state index contributed by atoms with van der Waals surface area (Å²) in [4.78, 5) is 9.88. The summed E-state index contributed by atoms with van der Waals surface area (Å²) in [5, 5.41) is 7.62. The maximum Gasteiger partial charge on any atom is 0.191 e. The van der Waals surface area contributed by atoms with Crippen molar-refractivity contribution in [3.63, 3.8) is 0 Å². The predicted octanol–water partition coefficient (Wildman–Crippen LogP) is 3.04. The standard InChI is InChI=1S/C22H37N5S/c1-2-23-22(25-19-21-11-8-18-28-21)24-12-6-7-13-26-14-16-27(17-15-26)20-9-4-3-5-10-20/h3-5,9-10,21H,2,6-8,11-19H2,1H3,(H2,23,24,25). The number of nitrogens with one attached hydrogen (secondary N) is 2. The van der Waals surface area contributed by atoms with Crippen LogP contribution in [0.1, 0.15) is 32.6 Å². The van der Waals surface area contributed by atoms with Gasteiger partial charge >= 0.3 is 0 Å². The lowest BCUT2D eigenvalue weighted by Gasteiger charge is -2.36. The number of thioether (sulfide) groups is 1. The second-order valence-corrected chi connectivity index (χ2v) is 9.06. The van der Waals surface area contributed by atoms with Crippen molar-refractivity contribution in [2.45, 2.75) is 37.9 Å². The van der Waals surface area contributed by atoms with E-state index in [2.05, 4.69) is 69.5 Å². The van der Waals surface area contributed by atoms with Crippen LogP contribution >= 0.6 is 11.8 Å². The minimum atomic E-state index is 0.727. The highest BCUT2D eigenvalue weighted by Crippen LogP contribution is 2.26. The third-order valence-corrected chi connectivity index (χ3v) is 6.89. The molecule has 5 nitrogen and oxygen atoms in total. The lowest BCUT2D eigenvalue weighted by molar-refractivity contribution is 0.253. The minimum Gasteiger partial charge on any atom is -0.369 e. The van der Waals surface area contributed by atoms with Crippen molar-refractivity contribution in [3.05, 3.63) is 30.3 Å². The topological polar surface area (TPSA) is 42.9 Å². The Balaban J connectivity index is 1.27. The quantitative estimate of drug-likeness (QED) is 0.377. The van der Waals surface area contributed by atoms with Gasteiger partial charge in [0.2, 0.25) is 0 Å². The van der Waals surface area contributed by atoms with Gasteiger partial charge in [0, 0.05) is 50.2 Å². The van der Waals surface area contributed by atoms with E-state index in [1.807, 2.05) is 0 Å². The van der Waals surface area contributed by atoms with Crippen LogP contribution in [0.5, 0.6) is 0 Å². The third-order valence-electron chi connectivity index (χ3n) is 5.51. The molecule has 0 aliphatic carbocycles. The van der Waals surface area contributed by atoms with Crippen molar-refractivity contribution in [1.82, 2.24) is 15.5 Å². The van der Waals surface area contributed by atoms with Crippen LogP contribution in [0.15, 0.2) is 35.3 Å². The van der Waals surface area contributed by atoms with Gasteiger partial charge in [-0.3, -0.25) is 9.89 Å². The fraction of sp³-hybridized carbons (Fsp3) is 0.682. The molecular formula is C22H37N5S. The molecule has 0 radical (unpaired) electrons. The lowest BCUT2D eigenvalue weighted by Crippen LogP contribution is -2.46. The van der Waals surface area contributed by atoms with Gasteiger partial charge in [-0.2, -0.15) is 11.8 Å². The van der Waals surface area contributed by atoms with E-state index >= 15 is 0 Å². The van der Waals surface area contributed by atoms with Crippen molar-refractivity contribution in [2.24, 2.45) is 4.99 Å². The first-order chi connectivity index (χ1) is 13.8. The van der Waals surface area contributed by atoms with E-state index in [4.69, 9.17) is 4.99 Å². The molecule has 28 heavy (non-hydrogen) atoms. The maximum atomic E-state index is 4.78. The molecule has 2 heterocycles. The van der Waals surface area contributed by atoms with Crippen molar-refractivity contribution in [1.29, 1.82) is 0 Å². The molecule has 1 aromatic rings. The zero-order valence-electron chi connectivity index (χ0n) is 17.4. The molecule has 0 saturated carbocycles. The minimum absolute atomic E-state index is 0.727. The van der Waals surface area contributed by atoms with Crippen LogP contribution in [0.3, 0.4) is 0 Å². The van der Waals surface area contributed by atoms with Gasteiger partial charge in [-0.05, 0) is 57.0 Å². The molecule has 2 aliphatic rings. The number of para-hydroxylation sites is 1. The summed E-state index contributed by atoms with van der Waals surface area (Å²) in [7, 11) is 0. The van der Waals surface area contributed by atoms with Gasteiger partial charge in [-0.1, -0.05) is 18.2 Å². The fourth-order valence-electron chi connectivity index (χ4n) is 3.86. The lowest BCUT2D eigenvalue weighted by atomic mass is 10.2. The van der Waals surface area contributed by atoms with Crippen LogP contribution in [-0.4, -0.2) is 74.2 Å². The van der Waals surface area contributed by atoms with Crippen LogP contribution < -0.4 is 15.5 Å². The summed E-state index contributed by atoms with van der Waals surface area (Å²) in [6.45, 7) is 10.8. The summed E-state index contributed by atoms with van der Waals surface area (Å²) < 4.78 is 0. The number of rotatable bonds is 9. The Morgan fingerprint density at radius 3 is 2.64 bits per heavy atom. The highest BCUT2D eigenvalue weighted by atomic mass is 32.2. The number of unbranched alkanes of at least 4 members (excludes halogenated alkanes) is 1. The average Bonchev–Trinajstić information content (AvgIpc) is 3.26. The number of piperazine rings is 1. The molecule has 0 amide bonds. The number of benzene rings is 1. The van der Waals surface area contributed by atoms with Crippen LogP contribution in [0.4, 0.5) is 5.69 Å². The summed E-state index contributed by atoms with van der Waals surface area (Å²) in [6.07, 6.45) is 5.12. The number of hydrogen-bond acceptors (Lipinski definition) is 4. The number of hydrogen-bond donors (Lipinski definition) is 2. The van der Waals surface area contributed by atoms with Gasteiger partial charge in [0.15, 0.2) is 5.96 Å². The van der Waals surface area contributed by atoms with Crippen LogP contribution in [0, 0.1) is 0 Å². The first kappa shape index (κ1) is 21.3. The summed E-state index contributed by atoms with van der Waals surface area (Å²) in [5.74, 6) is 2.30. The van der Waals surface area contributed by atoms with Crippen molar-refractivity contribution < 1.29 is 0 Å². The molecule has 1 unspecified atom stereocenters. The third kappa shape index (κ3) is 7.21. The van der Waals surface area contributed by atoms with Crippen molar-refractivity contribution in [3.8, 4) is 0 Å². The molecule has 2 N–H and O–H groups in total. The van der Waals surface area contributed by atoms with E-state index < -0.39 is 0 Å². The monoisotopic (exact) mass is 403 g/mol. The number of anilines is 1. The molecule has 2 fully saturated rings. The largest absolute Gasteiger partial charge is 0.369 e. The summed E-state index contributed by atoms with van der Waals surface area (Å²) >= 11 is 2.08. The van der Waals surface area contributed by atoms with E-state index in [1.165, 1.54) is 56.8 Å². The van der Waals surface area contributed by atoms with E-state index in [1.54, 1.807) is 0 Å². The predicted molar refractivity (Wildman–Crippen MR) is 124 cm³/mol. The summed E-state index contributed by atoms with van der Waals surface area (Å²) in [6, 6.07) is 10.8. The fourth-order valence-corrected chi connectivity index (χ4v) is 5.04. The molecular weight excluding hydrogens is 366 g/mol. The zero-order valence-corrected chi connectivity index (χ0v) is 18.2. The Morgan fingerprint density at radius 2 is 1.93 bits per heavy atom. The number of aliphatic imine (C=N–C) groups is 1. The highest BCUT2D eigenvalue weighted by Gasteiger charge is 2.17. The van der Waals surface area contributed by atoms with Gasteiger partial charge in [0.1, 0.15) is 0 Å². The van der Waals surface area contributed by atoms with Gasteiger partial charge in [-0.25, -0.2) is 0 Å². The van der Waals surface area contributed by atoms with Gasteiger partial charge < -0.3 is 15.5 Å². The molecule has 1 atom stereocenters. The zero-order chi connectivity index (χ0) is 19.4. The summed E-state index contributed by atoms with van der Waals surface area (Å²) in [5.41, 5.74) is 1.36. The Labute approximate surface area is 175 Å². The van der Waals surface area contributed by atoms with E-state index in [9.17, 15) is 0 Å². The molecule has 3 rings (SSSR count). The molecule has 0 aromatic heterocycles. The van der Waals surface area contributed by atoms with Crippen LogP contribution in [-0.2, 0) is 0 Å². The normalized spacial score (nSPS) is 21.1. The Morgan fingerprint density at radius 1 is 1.11 bits per heavy atom. The maximum absolute atomic E-state index is 4.78. The van der Waals surface area contributed by atoms with Gasteiger partial charge in [0.05, 0.1) is 6.54 Å². The van der Waals surface area contributed by atoms with E-state index in [0.717, 1.165) is 43.9 Å². The Kier molecular flexibility index (Phi) is 9.30. The molecule has 6 heteroatoms. The van der Waals surface area contributed by atoms with Crippen LogP contribution in [0.2, 0.25) is 0 Å². The number of nitrogens with zero attached hydrogens (tertiary/aromatic N) is 3. The molecule has 0 bridgehead atoms. The SMILES string of the molecule is CCNC(=NCC1CCCS1)NCCCCN1CCN(c2ccccc2)CC1. The molecule has 156 valence electrons. The molecule has 2 aliphatic heterocycles. The Hall–Kier alpha value is -1.40. The first-order valence-corrected chi connectivity index (χ1v) is 12.1. The van der Waals surface area contributed by atoms with Gasteiger partial charge in [-0.15, -0.1) is 0 Å². The van der Waals surface area contributed by atoms with Crippen LogP contribution in [0.25, 0.3) is 0 Å². The first-order valence-electron chi connectivity index (χ1n) is 11.0. The van der Waals surface area contributed by atoms with Crippen molar-refractivity contribution in [2.75, 3.05) is 63.0 Å².